The van der Waals surface area contributed by atoms with Crippen molar-refractivity contribution in [3.05, 3.63) is 28.3 Å². The van der Waals surface area contributed by atoms with Crippen LogP contribution in [-0.4, -0.2) is 36.7 Å². The summed E-state index contributed by atoms with van der Waals surface area (Å²) in [6, 6.07) is 4.20. The van der Waals surface area contributed by atoms with E-state index in [4.69, 9.17) is 0 Å². The van der Waals surface area contributed by atoms with Gasteiger partial charge >= 0.3 is 0 Å². The average Bonchev–Trinajstić information content (AvgIpc) is 3.07. The monoisotopic (exact) mass is 313 g/mol. The lowest BCUT2D eigenvalue weighted by Crippen LogP contribution is -2.23. The van der Waals surface area contributed by atoms with Gasteiger partial charge in [0.25, 0.3) is 5.69 Å². The van der Waals surface area contributed by atoms with Gasteiger partial charge in [-0.1, -0.05) is 0 Å². The van der Waals surface area contributed by atoms with Crippen LogP contribution in [0.15, 0.2) is 22.5 Å². The summed E-state index contributed by atoms with van der Waals surface area (Å²) < 4.78 is 25.5. The van der Waals surface area contributed by atoms with Crippen molar-refractivity contribution in [2.75, 3.05) is 13.1 Å². The van der Waals surface area contributed by atoms with Crippen molar-refractivity contribution in [3.63, 3.8) is 0 Å². The lowest BCUT2D eigenvalue weighted by molar-refractivity contribution is -0.384. The molecule has 0 saturated carbocycles. The third kappa shape index (κ3) is 2.17. The first-order valence-corrected chi connectivity index (χ1v) is 8.34. The van der Waals surface area contributed by atoms with Crippen molar-refractivity contribution in [1.82, 2.24) is 10.3 Å². The molecule has 1 aromatic carbocycles. The number of nitro groups is 1. The van der Waals surface area contributed by atoms with E-state index >= 15 is 0 Å². The maximum atomic E-state index is 12.4. The fourth-order valence-electron chi connectivity index (χ4n) is 2.17. The summed E-state index contributed by atoms with van der Waals surface area (Å²) in [6.45, 7) is 1.11. The first kappa shape index (κ1) is 13.4. The highest BCUT2D eigenvalue weighted by Gasteiger charge is 2.33. The van der Waals surface area contributed by atoms with Gasteiger partial charge in [0.15, 0.2) is 0 Å². The molecule has 0 aliphatic carbocycles. The van der Waals surface area contributed by atoms with Crippen LogP contribution >= 0.6 is 11.3 Å². The van der Waals surface area contributed by atoms with Crippen molar-refractivity contribution in [2.24, 2.45) is 0 Å². The highest BCUT2D eigenvalue weighted by atomic mass is 32.2. The molecule has 0 spiro atoms. The van der Waals surface area contributed by atoms with E-state index in [2.05, 4.69) is 10.3 Å². The molecule has 1 N–H and O–H groups in total. The Bertz CT molecular complexity index is 778. The largest absolute Gasteiger partial charge is 0.315 e. The highest BCUT2D eigenvalue weighted by Crippen LogP contribution is 2.31. The second-order valence-corrected chi connectivity index (χ2v) is 7.98. The number of aromatic nitrogens is 1. The fraction of sp³-hybridized carbons (Fsp3) is 0.364. The van der Waals surface area contributed by atoms with E-state index in [0.717, 1.165) is 11.3 Å². The fourth-order valence-corrected chi connectivity index (χ4v) is 5.26. The second-order valence-electron chi connectivity index (χ2n) is 4.55. The minimum atomic E-state index is -3.46. The standard InChI is InChI=1S/C11H11N3O4S2/c15-14(16)7-1-2-10-9(5-7)13-11(19-10)20(17,18)8-3-4-12-6-8/h1-2,5,8,12H,3-4,6H2. The van der Waals surface area contributed by atoms with Crippen LogP contribution < -0.4 is 5.32 Å². The lowest BCUT2D eigenvalue weighted by atomic mass is 10.3. The topological polar surface area (TPSA) is 102 Å². The molecule has 0 radical (unpaired) electrons. The second kappa shape index (κ2) is 4.76. The molecule has 106 valence electrons. The summed E-state index contributed by atoms with van der Waals surface area (Å²) in [5.41, 5.74) is 0.267. The van der Waals surface area contributed by atoms with E-state index in [1.165, 1.54) is 18.2 Å². The first-order valence-electron chi connectivity index (χ1n) is 5.98. The molecule has 1 aliphatic heterocycles. The number of nitrogens with one attached hydrogen (secondary N) is 1. The van der Waals surface area contributed by atoms with Crippen LogP contribution in [0.2, 0.25) is 0 Å². The highest BCUT2D eigenvalue weighted by molar-refractivity contribution is 7.94. The van der Waals surface area contributed by atoms with Crippen LogP contribution in [0, 0.1) is 10.1 Å². The van der Waals surface area contributed by atoms with E-state index in [1.807, 2.05) is 0 Å². The normalized spacial score (nSPS) is 19.5. The quantitative estimate of drug-likeness (QED) is 0.677. The minimum Gasteiger partial charge on any atom is -0.315 e. The molecule has 20 heavy (non-hydrogen) atoms. The molecule has 2 heterocycles. The van der Waals surface area contributed by atoms with Crippen molar-refractivity contribution in [2.45, 2.75) is 16.0 Å². The Hall–Kier alpha value is -1.58. The number of thiazole rings is 1. The zero-order valence-corrected chi connectivity index (χ0v) is 11.9. The number of nitrogens with zero attached hydrogens (tertiary/aromatic N) is 2. The van der Waals surface area contributed by atoms with Crippen molar-refractivity contribution in [1.29, 1.82) is 0 Å². The molecule has 0 bridgehead atoms. The number of hydrogen-bond acceptors (Lipinski definition) is 7. The summed E-state index contributed by atoms with van der Waals surface area (Å²) in [5, 5.41) is 13.3. The Labute approximate surface area is 118 Å². The summed E-state index contributed by atoms with van der Waals surface area (Å²) in [5.74, 6) is 0. The number of nitro benzene ring substituents is 1. The van der Waals surface area contributed by atoms with Crippen molar-refractivity contribution >= 4 is 37.1 Å². The van der Waals surface area contributed by atoms with Gasteiger partial charge in [0, 0.05) is 18.7 Å². The predicted molar refractivity (Wildman–Crippen MR) is 74.7 cm³/mol. The predicted octanol–water partition coefficient (Wildman–Crippen LogP) is 1.34. The molecule has 1 atom stereocenters. The Balaban J connectivity index is 2.06. The molecule has 1 aromatic heterocycles. The van der Waals surface area contributed by atoms with Crippen molar-refractivity contribution in [3.8, 4) is 0 Å². The molecule has 1 aliphatic rings. The van der Waals surface area contributed by atoms with Gasteiger partial charge in [0.1, 0.15) is 0 Å². The van der Waals surface area contributed by atoms with E-state index in [0.29, 0.717) is 29.7 Å². The summed E-state index contributed by atoms with van der Waals surface area (Å²) in [7, 11) is -3.46. The van der Waals surface area contributed by atoms with Gasteiger partial charge in [-0.05, 0) is 19.0 Å². The summed E-state index contributed by atoms with van der Waals surface area (Å²) >= 11 is 1.06. The molecular weight excluding hydrogens is 302 g/mol. The van der Waals surface area contributed by atoms with Gasteiger partial charge < -0.3 is 5.32 Å². The molecule has 1 unspecified atom stereocenters. The van der Waals surface area contributed by atoms with E-state index in [-0.39, 0.29) is 10.0 Å². The maximum absolute atomic E-state index is 12.4. The molecule has 0 amide bonds. The van der Waals surface area contributed by atoms with Gasteiger partial charge in [-0.2, -0.15) is 0 Å². The van der Waals surface area contributed by atoms with Gasteiger partial charge in [-0.3, -0.25) is 10.1 Å². The van der Waals surface area contributed by atoms with Gasteiger partial charge in [-0.25, -0.2) is 13.4 Å². The van der Waals surface area contributed by atoms with Crippen LogP contribution in [0.1, 0.15) is 6.42 Å². The van der Waals surface area contributed by atoms with E-state index in [9.17, 15) is 18.5 Å². The molecule has 1 fully saturated rings. The smallest absolute Gasteiger partial charge is 0.271 e. The Morgan fingerprint density at radius 3 is 2.90 bits per heavy atom. The number of sulfone groups is 1. The SMILES string of the molecule is O=[N+]([O-])c1ccc2sc(S(=O)(=O)C3CCNC3)nc2c1. The molecular formula is C11H11N3O4S2. The van der Waals surface area contributed by atoms with Gasteiger partial charge in [-0.15, -0.1) is 11.3 Å². The number of non-ortho nitro benzene ring substituents is 1. The Morgan fingerprint density at radius 2 is 2.25 bits per heavy atom. The van der Waals surface area contributed by atoms with Crippen LogP contribution in [-0.2, 0) is 9.84 Å². The molecule has 2 aromatic rings. The van der Waals surface area contributed by atoms with Crippen molar-refractivity contribution < 1.29 is 13.3 Å². The zero-order chi connectivity index (χ0) is 14.3. The van der Waals surface area contributed by atoms with Crippen LogP contribution in [0.4, 0.5) is 5.69 Å². The molecule has 7 nitrogen and oxygen atoms in total. The number of benzene rings is 1. The molecule has 1 saturated heterocycles. The summed E-state index contributed by atoms with van der Waals surface area (Å²) in [4.78, 5) is 14.3. The van der Waals surface area contributed by atoms with Gasteiger partial charge in [0.05, 0.1) is 20.4 Å². The van der Waals surface area contributed by atoms with Crippen LogP contribution in [0.3, 0.4) is 0 Å². The van der Waals surface area contributed by atoms with Crippen LogP contribution in [0.5, 0.6) is 0 Å². The van der Waals surface area contributed by atoms with Gasteiger partial charge in [0.2, 0.25) is 14.2 Å². The maximum Gasteiger partial charge on any atom is 0.271 e. The number of fused-ring (bicyclic) bond motifs is 1. The lowest BCUT2D eigenvalue weighted by Gasteiger charge is -2.06. The number of hydrogen-bond donors (Lipinski definition) is 1. The Kier molecular flexibility index (Phi) is 3.19. The van der Waals surface area contributed by atoms with E-state index in [1.54, 1.807) is 0 Å². The number of rotatable bonds is 3. The third-order valence-corrected chi connectivity index (χ3v) is 6.90. The Morgan fingerprint density at radius 1 is 1.45 bits per heavy atom. The zero-order valence-electron chi connectivity index (χ0n) is 10.3. The third-order valence-electron chi connectivity index (χ3n) is 3.26. The van der Waals surface area contributed by atoms with E-state index < -0.39 is 20.0 Å². The summed E-state index contributed by atoms with van der Waals surface area (Å²) in [6.07, 6.45) is 0.568. The minimum absolute atomic E-state index is 0.0432. The van der Waals surface area contributed by atoms with Crippen LogP contribution in [0.25, 0.3) is 10.2 Å². The molecule has 9 heteroatoms. The molecule has 3 rings (SSSR count). The average molecular weight is 313 g/mol. The first-order chi connectivity index (χ1) is 9.48.